The maximum absolute atomic E-state index is 11.2. The number of hydrogen-bond donors (Lipinski definition) is 0. The molecule has 20 heavy (non-hydrogen) atoms. The number of nitro benzene ring substituents is 1. The van der Waals surface area contributed by atoms with Crippen LogP contribution in [-0.4, -0.2) is 10.7 Å². The van der Waals surface area contributed by atoms with Crippen molar-refractivity contribution in [2.45, 2.75) is 19.8 Å². The van der Waals surface area contributed by atoms with Crippen LogP contribution in [0, 0.1) is 10.1 Å². The third kappa shape index (κ3) is 3.51. The van der Waals surface area contributed by atoms with Crippen molar-refractivity contribution < 1.29 is 9.72 Å². The van der Waals surface area contributed by atoms with E-state index in [2.05, 4.69) is 0 Å². The van der Waals surface area contributed by atoms with E-state index >= 15 is 0 Å². The highest BCUT2D eigenvalue weighted by molar-refractivity contribution is 5.93. The summed E-state index contributed by atoms with van der Waals surface area (Å²) in [5.74, 6) is 0.0620. The number of rotatable bonds is 5. The summed E-state index contributed by atoms with van der Waals surface area (Å²) in [7, 11) is 0. The molecule has 4 heteroatoms. The van der Waals surface area contributed by atoms with E-state index in [9.17, 15) is 14.9 Å². The summed E-state index contributed by atoms with van der Waals surface area (Å²) in [6.07, 6.45) is 1.66. The van der Waals surface area contributed by atoms with E-state index in [0.29, 0.717) is 5.56 Å². The van der Waals surface area contributed by atoms with Gasteiger partial charge in [-0.2, -0.15) is 0 Å². The summed E-state index contributed by atoms with van der Waals surface area (Å²) in [6, 6.07) is 14.2. The zero-order chi connectivity index (χ0) is 14.5. The molecule has 0 spiro atoms. The van der Waals surface area contributed by atoms with Crippen LogP contribution in [-0.2, 0) is 12.8 Å². The summed E-state index contributed by atoms with van der Waals surface area (Å²) >= 11 is 0. The molecule has 0 heterocycles. The fourth-order valence-corrected chi connectivity index (χ4v) is 1.98. The molecule has 2 rings (SSSR count). The van der Waals surface area contributed by atoms with Gasteiger partial charge in [0.15, 0.2) is 5.78 Å². The molecule has 0 bridgehead atoms. The van der Waals surface area contributed by atoms with Crippen LogP contribution in [0.15, 0.2) is 48.5 Å². The Bertz CT molecular complexity index is 558. The Morgan fingerprint density at radius 3 is 1.80 bits per heavy atom. The largest absolute Gasteiger partial charge is 0.295 e. The second-order valence-corrected chi connectivity index (χ2v) is 4.68. The van der Waals surface area contributed by atoms with Gasteiger partial charge in [-0.3, -0.25) is 14.9 Å². The van der Waals surface area contributed by atoms with Crippen LogP contribution in [0.2, 0.25) is 0 Å². The molecule has 0 atom stereocenters. The third-order valence-corrected chi connectivity index (χ3v) is 3.21. The molecule has 0 aromatic heterocycles. The molecule has 0 amide bonds. The highest BCUT2D eigenvalue weighted by atomic mass is 16.6. The lowest BCUT2D eigenvalue weighted by molar-refractivity contribution is -0.384. The Labute approximate surface area is 117 Å². The molecule has 0 radical (unpaired) electrons. The van der Waals surface area contributed by atoms with Gasteiger partial charge in [0, 0.05) is 17.7 Å². The van der Waals surface area contributed by atoms with Crippen molar-refractivity contribution in [1.82, 2.24) is 0 Å². The molecule has 4 nitrogen and oxygen atoms in total. The second kappa shape index (κ2) is 6.10. The van der Waals surface area contributed by atoms with E-state index in [1.165, 1.54) is 12.1 Å². The zero-order valence-corrected chi connectivity index (χ0v) is 11.2. The van der Waals surface area contributed by atoms with Gasteiger partial charge in [0.2, 0.25) is 0 Å². The molecule has 0 aliphatic carbocycles. The van der Waals surface area contributed by atoms with Gasteiger partial charge in [-0.1, -0.05) is 36.4 Å². The molecule has 0 N–H and O–H groups in total. The highest BCUT2D eigenvalue weighted by Gasteiger charge is 2.04. The number of hydrogen-bond acceptors (Lipinski definition) is 3. The molecule has 0 saturated heterocycles. The van der Waals surface area contributed by atoms with E-state index < -0.39 is 4.92 Å². The van der Waals surface area contributed by atoms with E-state index in [1.807, 2.05) is 24.3 Å². The van der Waals surface area contributed by atoms with Crippen LogP contribution in [0.3, 0.4) is 0 Å². The van der Waals surface area contributed by atoms with E-state index in [0.717, 1.165) is 24.0 Å². The molecule has 0 aliphatic heterocycles. The van der Waals surface area contributed by atoms with Crippen LogP contribution in [0.4, 0.5) is 5.69 Å². The van der Waals surface area contributed by atoms with Crippen LogP contribution in [0.1, 0.15) is 28.4 Å². The number of aryl methyl sites for hydroxylation is 2. The van der Waals surface area contributed by atoms with Gasteiger partial charge in [-0.15, -0.1) is 0 Å². The van der Waals surface area contributed by atoms with E-state index in [4.69, 9.17) is 0 Å². The van der Waals surface area contributed by atoms with Crippen LogP contribution in [0.5, 0.6) is 0 Å². The first-order valence-electron chi connectivity index (χ1n) is 6.39. The van der Waals surface area contributed by atoms with Crippen molar-refractivity contribution in [3.05, 3.63) is 75.3 Å². The number of non-ortho nitro benzene ring substituents is 1. The molecule has 102 valence electrons. The molecule has 0 saturated carbocycles. The third-order valence-electron chi connectivity index (χ3n) is 3.21. The topological polar surface area (TPSA) is 60.2 Å². The zero-order valence-electron chi connectivity index (χ0n) is 11.2. The minimum Gasteiger partial charge on any atom is -0.295 e. The monoisotopic (exact) mass is 269 g/mol. The van der Waals surface area contributed by atoms with Crippen molar-refractivity contribution in [2.75, 3.05) is 0 Å². The quantitative estimate of drug-likeness (QED) is 0.473. The number of Topliss-reactive ketones (excluding diaryl/α,β-unsaturated/α-hetero) is 1. The molecule has 0 aliphatic rings. The number of nitro groups is 1. The first-order chi connectivity index (χ1) is 9.56. The summed E-state index contributed by atoms with van der Waals surface area (Å²) in [5.41, 5.74) is 3.03. The summed E-state index contributed by atoms with van der Waals surface area (Å²) in [5, 5.41) is 10.6. The van der Waals surface area contributed by atoms with Crippen molar-refractivity contribution in [3.8, 4) is 0 Å². The molecule has 0 unspecified atom stereocenters. The fourth-order valence-electron chi connectivity index (χ4n) is 1.98. The Balaban J connectivity index is 1.97. The maximum atomic E-state index is 11.2. The maximum Gasteiger partial charge on any atom is 0.269 e. The average Bonchev–Trinajstić information content (AvgIpc) is 2.46. The smallest absolute Gasteiger partial charge is 0.269 e. The minimum absolute atomic E-state index is 0.0620. The van der Waals surface area contributed by atoms with Crippen molar-refractivity contribution in [1.29, 1.82) is 0 Å². The summed E-state index contributed by atoms with van der Waals surface area (Å²) < 4.78 is 0. The predicted molar refractivity (Wildman–Crippen MR) is 77.0 cm³/mol. The van der Waals surface area contributed by atoms with Gasteiger partial charge in [-0.25, -0.2) is 0 Å². The molecular weight excluding hydrogens is 254 g/mol. The highest BCUT2D eigenvalue weighted by Crippen LogP contribution is 2.14. The summed E-state index contributed by atoms with van der Waals surface area (Å²) in [6.45, 7) is 1.55. The van der Waals surface area contributed by atoms with Crippen molar-refractivity contribution in [2.24, 2.45) is 0 Å². The standard InChI is InChI=1S/C16H15NO3/c1-12(18)15-8-4-13(5-9-15)2-3-14-6-10-16(11-7-14)17(19)20/h4-11H,2-3H2,1H3. The molecule has 2 aromatic carbocycles. The lowest BCUT2D eigenvalue weighted by Gasteiger charge is -2.03. The number of nitrogens with zero attached hydrogens (tertiary/aromatic N) is 1. The lowest BCUT2D eigenvalue weighted by Crippen LogP contribution is -1.95. The first kappa shape index (κ1) is 13.9. The van der Waals surface area contributed by atoms with E-state index in [-0.39, 0.29) is 11.5 Å². The van der Waals surface area contributed by atoms with Gasteiger partial charge in [0.05, 0.1) is 4.92 Å². The number of benzene rings is 2. The fraction of sp³-hybridized carbons (Fsp3) is 0.188. The van der Waals surface area contributed by atoms with Gasteiger partial charge < -0.3 is 0 Å². The first-order valence-corrected chi connectivity index (χ1v) is 6.39. The normalized spacial score (nSPS) is 10.2. The average molecular weight is 269 g/mol. The number of carbonyl (C=O) groups is 1. The van der Waals surface area contributed by atoms with Crippen molar-refractivity contribution in [3.63, 3.8) is 0 Å². The molecule has 2 aromatic rings. The Morgan fingerprint density at radius 1 is 0.950 bits per heavy atom. The molecule has 0 fully saturated rings. The van der Waals surface area contributed by atoms with Crippen molar-refractivity contribution >= 4 is 11.5 Å². The minimum atomic E-state index is -0.399. The van der Waals surface area contributed by atoms with Gasteiger partial charge in [0.25, 0.3) is 5.69 Å². The van der Waals surface area contributed by atoms with Gasteiger partial charge in [0.1, 0.15) is 0 Å². The number of carbonyl (C=O) groups excluding carboxylic acids is 1. The lowest BCUT2D eigenvalue weighted by atomic mass is 10.0. The molecular formula is C16H15NO3. The van der Waals surface area contributed by atoms with Gasteiger partial charge >= 0.3 is 0 Å². The van der Waals surface area contributed by atoms with Crippen LogP contribution in [0.25, 0.3) is 0 Å². The second-order valence-electron chi connectivity index (χ2n) is 4.68. The Morgan fingerprint density at radius 2 is 1.40 bits per heavy atom. The van der Waals surface area contributed by atoms with Gasteiger partial charge in [-0.05, 0) is 30.9 Å². The van der Waals surface area contributed by atoms with E-state index in [1.54, 1.807) is 19.1 Å². The SMILES string of the molecule is CC(=O)c1ccc(CCc2ccc([N+](=O)[O-])cc2)cc1. The Kier molecular flexibility index (Phi) is 4.25. The summed E-state index contributed by atoms with van der Waals surface area (Å²) in [4.78, 5) is 21.3. The van der Waals surface area contributed by atoms with Crippen LogP contribution < -0.4 is 0 Å². The predicted octanol–water partition coefficient (Wildman–Crippen LogP) is 3.58. The van der Waals surface area contributed by atoms with Crippen LogP contribution >= 0.6 is 0 Å². The Hall–Kier alpha value is -2.49. The number of ketones is 1.